The van der Waals surface area contributed by atoms with Crippen molar-refractivity contribution in [2.24, 2.45) is 0 Å². The summed E-state index contributed by atoms with van der Waals surface area (Å²) in [6, 6.07) is 0. The SMILES string of the molecule is CCCCCCCCP(=O)(O)CCC(=O)O. The Labute approximate surface area is 97.5 Å². The van der Waals surface area contributed by atoms with E-state index in [1.54, 1.807) is 0 Å². The zero-order valence-electron chi connectivity index (χ0n) is 10.0. The first-order chi connectivity index (χ1) is 7.48. The number of hydrogen-bond donors (Lipinski definition) is 2. The van der Waals surface area contributed by atoms with E-state index in [1.165, 1.54) is 19.3 Å². The molecule has 0 spiro atoms. The Morgan fingerprint density at radius 2 is 1.62 bits per heavy atom. The van der Waals surface area contributed by atoms with E-state index in [4.69, 9.17) is 5.11 Å². The minimum absolute atomic E-state index is 0.0860. The highest BCUT2D eigenvalue weighted by Crippen LogP contribution is 2.42. The van der Waals surface area contributed by atoms with Crippen molar-refractivity contribution < 1.29 is 19.4 Å². The molecule has 0 aliphatic heterocycles. The van der Waals surface area contributed by atoms with Gasteiger partial charge in [0.15, 0.2) is 0 Å². The highest BCUT2D eigenvalue weighted by Gasteiger charge is 2.18. The number of hydrogen-bond acceptors (Lipinski definition) is 2. The van der Waals surface area contributed by atoms with Crippen molar-refractivity contribution >= 4 is 13.3 Å². The van der Waals surface area contributed by atoms with E-state index in [0.29, 0.717) is 0 Å². The van der Waals surface area contributed by atoms with Gasteiger partial charge < -0.3 is 10.00 Å². The molecule has 0 aromatic carbocycles. The predicted molar refractivity (Wildman–Crippen MR) is 65.2 cm³/mol. The first-order valence-electron chi connectivity index (χ1n) is 6.00. The van der Waals surface area contributed by atoms with Crippen LogP contribution in [-0.4, -0.2) is 28.3 Å². The highest BCUT2D eigenvalue weighted by atomic mass is 31.2. The number of carboxylic acids is 1. The summed E-state index contributed by atoms with van der Waals surface area (Å²) < 4.78 is 11.5. The molecule has 0 fully saturated rings. The fourth-order valence-corrected chi connectivity index (χ4v) is 3.00. The van der Waals surface area contributed by atoms with Crippen LogP contribution in [0.5, 0.6) is 0 Å². The highest BCUT2D eigenvalue weighted by molar-refractivity contribution is 7.58. The van der Waals surface area contributed by atoms with Crippen LogP contribution >= 0.6 is 7.37 Å². The molecule has 0 rings (SSSR count). The zero-order valence-corrected chi connectivity index (χ0v) is 10.9. The summed E-state index contributed by atoms with van der Waals surface area (Å²) in [7, 11) is -3.18. The first kappa shape index (κ1) is 15.7. The van der Waals surface area contributed by atoms with Crippen LogP contribution in [0.1, 0.15) is 51.9 Å². The average Bonchev–Trinajstić information content (AvgIpc) is 2.21. The van der Waals surface area contributed by atoms with Gasteiger partial charge in [0.25, 0.3) is 0 Å². The van der Waals surface area contributed by atoms with Gasteiger partial charge in [-0.1, -0.05) is 39.0 Å². The van der Waals surface area contributed by atoms with E-state index < -0.39 is 13.3 Å². The molecule has 5 heteroatoms. The van der Waals surface area contributed by atoms with Gasteiger partial charge in [0, 0.05) is 12.3 Å². The first-order valence-corrected chi connectivity index (χ1v) is 8.03. The molecule has 16 heavy (non-hydrogen) atoms. The summed E-state index contributed by atoms with van der Waals surface area (Å²) in [5.41, 5.74) is 0. The summed E-state index contributed by atoms with van der Waals surface area (Å²) in [4.78, 5) is 19.7. The third kappa shape index (κ3) is 10.2. The molecule has 0 saturated heterocycles. The van der Waals surface area contributed by atoms with E-state index in [1.807, 2.05) is 0 Å². The number of carbonyl (C=O) groups is 1. The molecular formula is C11H23O4P. The monoisotopic (exact) mass is 250 g/mol. The number of unbranched alkanes of at least 4 members (excludes halogenated alkanes) is 5. The number of rotatable bonds is 10. The van der Waals surface area contributed by atoms with Crippen molar-refractivity contribution in [3.05, 3.63) is 0 Å². The second-order valence-corrected chi connectivity index (χ2v) is 6.79. The molecule has 1 unspecified atom stereocenters. The van der Waals surface area contributed by atoms with Gasteiger partial charge in [0.05, 0.1) is 6.42 Å². The van der Waals surface area contributed by atoms with Crippen molar-refractivity contribution in [1.82, 2.24) is 0 Å². The standard InChI is InChI=1S/C11H23O4P/c1-2-3-4-5-6-7-9-16(14,15)10-8-11(12)13/h2-10H2,1H3,(H,12,13)(H,14,15). The van der Waals surface area contributed by atoms with Crippen LogP contribution in [0.15, 0.2) is 0 Å². The molecule has 0 aromatic rings. The Morgan fingerprint density at radius 3 is 2.19 bits per heavy atom. The smallest absolute Gasteiger partial charge is 0.303 e. The quantitative estimate of drug-likeness (QED) is 0.461. The van der Waals surface area contributed by atoms with Crippen molar-refractivity contribution in [3.8, 4) is 0 Å². The molecule has 0 bridgehead atoms. The molecule has 0 aliphatic carbocycles. The lowest BCUT2D eigenvalue weighted by Crippen LogP contribution is -2.02. The Bertz CT molecular complexity index is 240. The largest absolute Gasteiger partial charge is 0.481 e. The van der Waals surface area contributed by atoms with Crippen molar-refractivity contribution in [1.29, 1.82) is 0 Å². The average molecular weight is 250 g/mol. The lowest BCUT2D eigenvalue weighted by Gasteiger charge is -2.09. The third-order valence-electron chi connectivity index (χ3n) is 2.54. The maximum absolute atomic E-state index is 11.5. The lowest BCUT2D eigenvalue weighted by atomic mass is 10.1. The lowest BCUT2D eigenvalue weighted by molar-refractivity contribution is -0.136. The van der Waals surface area contributed by atoms with Crippen LogP contribution in [0, 0.1) is 0 Å². The molecule has 0 heterocycles. The van der Waals surface area contributed by atoms with Gasteiger partial charge >= 0.3 is 5.97 Å². The summed E-state index contributed by atoms with van der Waals surface area (Å²) in [6.45, 7) is 2.15. The van der Waals surface area contributed by atoms with E-state index in [9.17, 15) is 14.3 Å². The number of aliphatic carboxylic acids is 1. The molecule has 1 atom stereocenters. The van der Waals surface area contributed by atoms with E-state index in [-0.39, 0.29) is 18.7 Å². The van der Waals surface area contributed by atoms with Crippen molar-refractivity contribution in [2.45, 2.75) is 51.9 Å². The zero-order chi connectivity index (χ0) is 12.4. The minimum Gasteiger partial charge on any atom is -0.481 e. The molecule has 2 N–H and O–H groups in total. The Morgan fingerprint density at radius 1 is 1.06 bits per heavy atom. The van der Waals surface area contributed by atoms with Crippen LogP contribution in [-0.2, 0) is 9.36 Å². The van der Waals surface area contributed by atoms with Gasteiger partial charge in [-0.15, -0.1) is 0 Å². The van der Waals surface area contributed by atoms with Gasteiger partial charge in [-0.2, -0.15) is 0 Å². The van der Waals surface area contributed by atoms with Gasteiger partial charge in [-0.3, -0.25) is 9.36 Å². The van der Waals surface area contributed by atoms with E-state index in [2.05, 4.69) is 6.92 Å². The van der Waals surface area contributed by atoms with Crippen molar-refractivity contribution in [2.75, 3.05) is 12.3 Å². The van der Waals surface area contributed by atoms with Crippen LogP contribution < -0.4 is 0 Å². The molecule has 0 amide bonds. The summed E-state index contributed by atoms with van der Waals surface area (Å²) in [5.74, 6) is -1.00. The number of carboxylic acid groups (broad SMARTS) is 1. The van der Waals surface area contributed by atoms with Gasteiger partial charge in [0.1, 0.15) is 0 Å². The summed E-state index contributed by atoms with van der Waals surface area (Å²) >= 11 is 0. The molecule has 96 valence electrons. The predicted octanol–water partition coefficient (Wildman–Crippen LogP) is 3.09. The van der Waals surface area contributed by atoms with Gasteiger partial charge in [-0.25, -0.2) is 0 Å². The van der Waals surface area contributed by atoms with Crippen molar-refractivity contribution in [3.63, 3.8) is 0 Å². The summed E-state index contributed by atoms with van der Waals surface area (Å²) in [5, 5.41) is 8.41. The second-order valence-electron chi connectivity index (χ2n) is 4.21. The molecule has 0 radical (unpaired) electrons. The van der Waals surface area contributed by atoms with Crippen LogP contribution in [0.3, 0.4) is 0 Å². The maximum atomic E-state index is 11.5. The Balaban J connectivity index is 3.50. The topological polar surface area (TPSA) is 74.6 Å². The van der Waals surface area contributed by atoms with Crippen LogP contribution in [0.4, 0.5) is 0 Å². The van der Waals surface area contributed by atoms with Crippen LogP contribution in [0.25, 0.3) is 0 Å². The fraction of sp³-hybridized carbons (Fsp3) is 0.909. The second kappa shape index (κ2) is 8.77. The summed E-state index contributed by atoms with van der Waals surface area (Å²) in [6.07, 6.45) is 6.38. The molecule has 0 aromatic heterocycles. The minimum atomic E-state index is -3.18. The van der Waals surface area contributed by atoms with Gasteiger partial charge in [0.2, 0.25) is 7.37 Å². The molecule has 0 saturated carbocycles. The van der Waals surface area contributed by atoms with E-state index in [0.717, 1.165) is 19.3 Å². The fourth-order valence-electron chi connectivity index (χ4n) is 1.52. The Hall–Kier alpha value is -0.340. The third-order valence-corrected chi connectivity index (χ3v) is 4.47. The van der Waals surface area contributed by atoms with Crippen LogP contribution in [0.2, 0.25) is 0 Å². The Kier molecular flexibility index (Phi) is 8.58. The van der Waals surface area contributed by atoms with Gasteiger partial charge in [-0.05, 0) is 6.42 Å². The normalized spacial score (nSPS) is 14.6. The molecule has 0 aliphatic rings. The maximum Gasteiger partial charge on any atom is 0.303 e. The van der Waals surface area contributed by atoms with E-state index >= 15 is 0 Å². The molecular weight excluding hydrogens is 227 g/mol. The molecule has 4 nitrogen and oxygen atoms in total.